The molecule has 1 unspecified atom stereocenters. The van der Waals surface area contributed by atoms with Gasteiger partial charge in [0.25, 0.3) is 0 Å². The van der Waals surface area contributed by atoms with Crippen LogP contribution in [0.25, 0.3) is 0 Å². The molecule has 1 aliphatic rings. The molecule has 1 atom stereocenters. The molecule has 104 valence electrons. The second-order valence-electron chi connectivity index (χ2n) is 4.87. The third kappa shape index (κ3) is 3.96. The fourth-order valence-electron chi connectivity index (χ4n) is 2.35. The molecule has 0 fully saturated rings. The van der Waals surface area contributed by atoms with Gasteiger partial charge in [-0.15, -0.1) is 0 Å². The number of methoxy groups -OCH3 is 1. The van der Waals surface area contributed by atoms with Crippen LogP contribution < -0.4 is 0 Å². The number of ether oxygens (including phenoxy) is 1. The van der Waals surface area contributed by atoms with Crippen molar-refractivity contribution < 1.29 is 13.9 Å². The van der Waals surface area contributed by atoms with Crippen LogP contribution >= 0.6 is 0 Å². The predicted molar refractivity (Wildman–Crippen MR) is 72.5 cm³/mol. The number of amides is 1. The predicted octanol–water partition coefficient (Wildman–Crippen LogP) is 2.61. The molecule has 0 saturated carbocycles. The fourth-order valence-corrected chi connectivity index (χ4v) is 2.35. The second kappa shape index (κ2) is 7.14. The van der Waals surface area contributed by atoms with Crippen LogP contribution in [-0.2, 0) is 16.1 Å². The molecule has 0 radical (unpaired) electrons. The molecule has 4 nitrogen and oxygen atoms in total. The molecule has 1 amide bonds. The summed E-state index contributed by atoms with van der Waals surface area (Å²) in [6.07, 6.45) is 10.4. The van der Waals surface area contributed by atoms with E-state index in [-0.39, 0.29) is 11.8 Å². The summed E-state index contributed by atoms with van der Waals surface area (Å²) in [5.41, 5.74) is 1.02. The number of carbonyl (C=O) groups is 1. The average molecular weight is 263 g/mol. The SMILES string of the molecule is COCCN(Cc1ccoc1)C(=O)C1CC=CCC1. The smallest absolute Gasteiger partial charge is 0.226 e. The first-order chi connectivity index (χ1) is 9.31. The molecular weight excluding hydrogens is 242 g/mol. The number of allylic oxidation sites excluding steroid dienone is 2. The van der Waals surface area contributed by atoms with Crippen molar-refractivity contribution in [3.05, 3.63) is 36.3 Å². The van der Waals surface area contributed by atoms with E-state index < -0.39 is 0 Å². The van der Waals surface area contributed by atoms with Crippen molar-refractivity contribution in [3.8, 4) is 0 Å². The topological polar surface area (TPSA) is 42.7 Å². The highest BCUT2D eigenvalue weighted by Gasteiger charge is 2.24. The molecule has 4 heteroatoms. The van der Waals surface area contributed by atoms with E-state index in [2.05, 4.69) is 12.2 Å². The Balaban J connectivity index is 1.99. The Labute approximate surface area is 114 Å². The highest BCUT2D eigenvalue weighted by molar-refractivity contribution is 5.79. The highest BCUT2D eigenvalue weighted by Crippen LogP contribution is 2.21. The maximum absolute atomic E-state index is 12.5. The molecule has 1 heterocycles. The van der Waals surface area contributed by atoms with Crippen molar-refractivity contribution in [2.45, 2.75) is 25.8 Å². The molecule has 0 spiro atoms. The Bertz CT molecular complexity index is 411. The van der Waals surface area contributed by atoms with E-state index in [9.17, 15) is 4.79 Å². The standard InChI is InChI=1S/C15H21NO3/c1-18-10-8-16(11-13-7-9-19-12-13)15(17)14-5-3-2-4-6-14/h2-3,7,9,12,14H,4-6,8,10-11H2,1H3. The van der Waals surface area contributed by atoms with E-state index in [0.717, 1.165) is 24.8 Å². The van der Waals surface area contributed by atoms with Gasteiger partial charge in [-0.25, -0.2) is 0 Å². The molecule has 0 N–H and O–H groups in total. The number of rotatable bonds is 6. The summed E-state index contributed by atoms with van der Waals surface area (Å²) in [6, 6.07) is 1.90. The molecule has 0 saturated heterocycles. The van der Waals surface area contributed by atoms with Gasteiger partial charge in [0.05, 0.1) is 19.1 Å². The molecule has 1 aromatic rings. The number of hydrogen-bond donors (Lipinski definition) is 0. The zero-order chi connectivity index (χ0) is 13.5. The van der Waals surface area contributed by atoms with Gasteiger partial charge >= 0.3 is 0 Å². The maximum Gasteiger partial charge on any atom is 0.226 e. The van der Waals surface area contributed by atoms with Crippen LogP contribution in [0.1, 0.15) is 24.8 Å². The van der Waals surface area contributed by atoms with Gasteiger partial charge in [-0.05, 0) is 25.3 Å². The van der Waals surface area contributed by atoms with Gasteiger partial charge in [0.15, 0.2) is 0 Å². The Morgan fingerprint density at radius 2 is 2.42 bits per heavy atom. The largest absolute Gasteiger partial charge is 0.472 e. The lowest BCUT2D eigenvalue weighted by Gasteiger charge is -2.27. The lowest BCUT2D eigenvalue weighted by Crippen LogP contribution is -2.38. The number of nitrogens with zero attached hydrogens (tertiary/aromatic N) is 1. The van der Waals surface area contributed by atoms with Crippen molar-refractivity contribution in [1.82, 2.24) is 4.90 Å². The van der Waals surface area contributed by atoms with E-state index in [1.165, 1.54) is 0 Å². The minimum Gasteiger partial charge on any atom is -0.472 e. The van der Waals surface area contributed by atoms with Gasteiger partial charge in [0, 0.05) is 31.7 Å². The first-order valence-corrected chi connectivity index (χ1v) is 6.75. The average Bonchev–Trinajstić information content (AvgIpc) is 2.96. The van der Waals surface area contributed by atoms with Crippen molar-refractivity contribution in [1.29, 1.82) is 0 Å². The summed E-state index contributed by atoms with van der Waals surface area (Å²) >= 11 is 0. The summed E-state index contributed by atoms with van der Waals surface area (Å²) in [7, 11) is 1.66. The highest BCUT2D eigenvalue weighted by atomic mass is 16.5. The van der Waals surface area contributed by atoms with Gasteiger partial charge in [0.2, 0.25) is 5.91 Å². The molecule has 19 heavy (non-hydrogen) atoms. The van der Waals surface area contributed by atoms with Crippen LogP contribution in [0.15, 0.2) is 35.2 Å². The minimum absolute atomic E-state index is 0.119. The number of carbonyl (C=O) groups excluding carboxylic acids is 1. The van der Waals surface area contributed by atoms with Gasteiger partial charge < -0.3 is 14.1 Å². The molecular formula is C15H21NO3. The van der Waals surface area contributed by atoms with Crippen LogP contribution in [0.5, 0.6) is 0 Å². The maximum atomic E-state index is 12.5. The fraction of sp³-hybridized carbons (Fsp3) is 0.533. The number of hydrogen-bond acceptors (Lipinski definition) is 3. The molecule has 1 aromatic heterocycles. The van der Waals surface area contributed by atoms with E-state index in [1.807, 2.05) is 11.0 Å². The van der Waals surface area contributed by atoms with Gasteiger partial charge in [-0.3, -0.25) is 4.79 Å². The van der Waals surface area contributed by atoms with E-state index in [0.29, 0.717) is 19.7 Å². The molecule has 0 bridgehead atoms. The summed E-state index contributed by atoms with van der Waals surface area (Å²) in [6.45, 7) is 1.78. The minimum atomic E-state index is 0.119. The van der Waals surface area contributed by atoms with Crippen molar-refractivity contribution >= 4 is 5.91 Å². The lowest BCUT2D eigenvalue weighted by molar-refractivity contribution is -0.137. The quantitative estimate of drug-likeness (QED) is 0.741. The monoisotopic (exact) mass is 263 g/mol. The van der Waals surface area contributed by atoms with E-state index >= 15 is 0 Å². The zero-order valence-electron chi connectivity index (χ0n) is 11.4. The normalized spacial score (nSPS) is 18.5. The van der Waals surface area contributed by atoms with E-state index in [4.69, 9.17) is 9.15 Å². The van der Waals surface area contributed by atoms with E-state index in [1.54, 1.807) is 19.6 Å². The number of furan rings is 1. The van der Waals surface area contributed by atoms with Crippen molar-refractivity contribution in [2.24, 2.45) is 5.92 Å². The molecule has 0 aromatic carbocycles. The summed E-state index contributed by atoms with van der Waals surface area (Å²) in [5, 5.41) is 0. The third-order valence-electron chi connectivity index (χ3n) is 3.45. The Hall–Kier alpha value is -1.55. The van der Waals surface area contributed by atoms with Crippen molar-refractivity contribution in [2.75, 3.05) is 20.3 Å². The molecule has 0 aliphatic heterocycles. The Morgan fingerprint density at radius 3 is 3.05 bits per heavy atom. The summed E-state index contributed by atoms with van der Waals surface area (Å²) in [5.74, 6) is 0.344. The first kappa shape index (κ1) is 13.9. The van der Waals surface area contributed by atoms with Gasteiger partial charge in [-0.1, -0.05) is 12.2 Å². The Kier molecular flexibility index (Phi) is 5.21. The van der Waals surface area contributed by atoms with Crippen LogP contribution in [0, 0.1) is 5.92 Å². The van der Waals surface area contributed by atoms with Crippen LogP contribution in [0.2, 0.25) is 0 Å². The van der Waals surface area contributed by atoms with Crippen molar-refractivity contribution in [3.63, 3.8) is 0 Å². The van der Waals surface area contributed by atoms with Crippen LogP contribution in [0.3, 0.4) is 0 Å². The third-order valence-corrected chi connectivity index (χ3v) is 3.45. The molecule has 2 rings (SSSR count). The second-order valence-corrected chi connectivity index (χ2v) is 4.87. The lowest BCUT2D eigenvalue weighted by atomic mass is 9.93. The first-order valence-electron chi connectivity index (χ1n) is 6.75. The van der Waals surface area contributed by atoms with Crippen LogP contribution in [0.4, 0.5) is 0 Å². The van der Waals surface area contributed by atoms with Gasteiger partial charge in [-0.2, -0.15) is 0 Å². The van der Waals surface area contributed by atoms with Crippen LogP contribution in [-0.4, -0.2) is 31.1 Å². The Morgan fingerprint density at radius 1 is 1.53 bits per heavy atom. The summed E-state index contributed by atoms with van der Waals surface area (Å²) in [4.78, 5) is 14.4. The zero-order valence-corrected chi connectivity index (χ0v) is 11.4. The summed E-state index contributed by atoms with van der Waals surface area (Å²) < 4.78 is 10.2. The molecule has 1 aliphatic carbocycles. The van der Waals surface area contributed by atoms with Gasteiger partial charge in [0.1, 0.15) is 0 Å².